The fourth-order valence-electron chi connectivity index (χ4n) is 2.67. The first-order chi connectivity index (χ1) is 10.2. The minimum absolute atomic E-state index is 0.348. The van der Waals surface area contributed by atoms with Crippen LogP contribution in [0, 0.1) is 6.92 Å². The van der Waals surface area contributed by atoms with E-state index in [-0.39, 0.29) is 0 Å². The summed E-state index contributed by atoms with van der Waals surface area (Å²) in [5.74, 6) is 2.04. The van der Waals surface area contributed by atoms with E-state index < -0.39 is 0 Å². The summed E-state index contributed by atoms with van der Waals surface area (Å²) in [5, 5.41) is 13.5. The zero-order chi connectivity index (χ0) is 14.4. The second kappa shape index (κ2) is 4.80. The quantitative estimate of drug-likeness (QED) is 0.797. The number of aromatic nitrogens is 6. The number of nitrogens with zero attached hydrogens (tertiary/aromatic N) is 6. The third kappa shape index (κ3) is 2.29. The highest BCUT2D eigenvalue weighted by molar-refractivity contribution is 7.20. The molecule has 0 spiro atoms. The Balaban J connectivity index is 1.51. The van der Waals surface area contributed by atoms with Crippen LogP contribution in [0.3, 0.4) is 0 Å². The molecule has 110 valence electrons. The average Bonchev–Trinajstić information content (AvgIpc) is 3.10. The Hall–Kier alpha value is -1.96. The van der Waals surface area contributed by atoms with Crippen LogP contribution in [0.2, 0.25) is 0 Å². The van der Waals surface area contributed by atoms with Crippen molar-refractivity contribution in [3.05, 3.63) is 23.5 Å². The first kappa shape index (κ1) is 12.8. The number of rotatable bonds is 3. The molecule has 3 aromatic rings. The monoisotopic (exact) mass is 303 g/mol. The van der Waals surface area contributed by atoms with E-state index in [0.29, 0.717) is 6.04 Å². The van der Waals surface area contributed by atoms with Crippen molar-refractivity contribution in [2.45, 2.75) is 45.7 Å². The van der Waals surface area contributed by atoms with E-state index >= 15 is 0 Å². The first-order valence-electron chi connectivity index (χ1n) is 7.23. The van der Waals surface area contributed by atoms with Gasteiger partial charge in [0.1, 0.15) is 5.82 Å². The summed E-state index contributed by atoms with van der Waals surface area (Å²) in [4.78, 5) is 9.90. The number of imidazole rings is 1. The number of fused-ring (bicyclic) bond motifs is 2. The molecule has 0 aliphatic carbocycles. The second-order valence-electron chi connectivity index (χ2n) is 5.38. The van der Waals surface area contributed by atoms with E-state index in [1.165, 1.54) is 0 Å². The van der Waals surface area contributed by atoms with Crippen molar-refractivity contribution < 1.29 is 0 Å². The molecule has 1 N–H and O–H groups in total. The molecule has 0 aromatic carbocycles. The molecule has 1 unspecified atom stereocenters. The normalized spacial score (nSPS) is 18.1. The van der Waals surface area contributed by atoms with Crippen molar-refractivity contribution in [1.29, 1.82) is 0 Å². The van der Waals surface area contributed by atoms with Crippen molar-refractivity contribution >= 4 is 21.4 Å². The third-order valence-electron chi connectivity index (χ3n) is 3.71. The molecule has 1 atom stereocenters. The molecule has 8 heteroatoms. The third-order valence-corrected chi connectivity index (χ3v) is 4.56. The first-order valence-corrected chi connectivity index (χ1v) is 8.05. The maximum Gasteiger partial charge on any atom is 0.214 e. The highest BCUT2D eigenvalue weighted by Crippen LogP contribution is 2.22. The van der Waals surface area contributed by atoms with E-state index in [1.54, 1.807) is 11.3 Å². The van der Waals surface area contributed by atoms with Crippen molar-refractivity contribution in [2.75, 3.05) is 5.32 Å². The minimum Gasteiger partial charge on any atom is -0.355 e. The van der Waals surface area contributed by atoms with Gasteiger partial charge in [-0.2, -0.15) is 5.10 Å². The smallest absolute Gasteiger partial charge is 0.214 e. The molecule has 0 amide bonds. The molecule has 0 radical (unpaired) electrons. The molecule has 0 saturated heterocycles. The molecular weight excluding hydrogens is 286 g/mol. The van der Waals surface area contributed by atoms with Crippen molar-refractivity contribution in [2.24, 2.45) is 0 Å². The Morgan fingerprint density at radius 2 is 2.29 bits per heavy atom. The van der Waals surface area contributed by atoms with Gasteiger partial charge in [0.2, 0.25) is 10.1 Å². The summed E-state index contributed by atoms with van der Waals surface area (Å²) in [6.07, 6.45) is 4.86. The molecule has 0 fully saturated rings. The Bertz CT molecular complexity index is 752. The number of anilines is 1. The predicted octanol–water partition coefficient (Wildman–Crippen LogP) is 1.68. The van der Waals surface area contributed by atoms with E-state index in [9.17, 15) is 0 Å². The standard InChI is InChI=1S/C13H17N7S/c1-3-10-16-11-5-4-9(7-19(11)17-10)15-12-18-20-6-8(2)14-13(20)21-12/h6,9H,3-5,7H2,1-2H3,(H,15,18). The molecule has 7 nitrogen and oxygen atoms in total. The molecule has 21 heavy (non-hydrogen) atoms. The van der Waals surface area contributed by atoms with E-state index in [4.69, 9.17) is 0 Å². The molecule has 1 aliphatic rings. The Labute approximate surface area is 126 Å². The Morgan fingerprint density at radius 3 is 3.10 bits per heavy atom. The van der Waals surface area contributed by atoms with Gasteiger partial charge in [0, 0.05) is 18.9 Å². The molecule has 0 saturated carbocycles. The van der Waals surface area contributed by atoms with Gasteiger partial charge < -0.3 is 5.32 Å². The topological polar surface area (TPSA) is 72.9 Å². The minimum atomic E-state index is 0.348. The molecule has 0 bridgehead atoms. The average molecular weight is 303 g/mol. The molecular formula is C13H17N7S. The van der Waals surface area contributed by atoms with Crippen molar-refractivity contribution in [1.82, 2.24) is 29.4 Å². The lowest BCUT2D eigenvalue weighted by atomic mass is 10.1. The van der Waals surface area contributed by atoms with Gasteiger partial charge in [-0.05, 0) is 13.3 Å². The molecule has 4 rings (SSSR count). The van der Waals surface area contributed by atoms with E-state index in [0.717, 1.165) is 53.2 Å². The summed E-state index contributed by atoms with van der Waals surface area (Å²) < 4.78 is 3.87. The highest BCUT2D eigenvalue weighted by atomic mass is 32.1. The van der Waals surface area contributed by atoms with Crippen molar-refractivity contribution in [3.63, 3.8) is 0 Å². The van der Waals surface area contributed by atoms with Gasteiger partial charge >= 0.3 is 0 Å². The van der Waals surface area contributed by atoms with Crippen LogP contribution in [0.1, 0.15) is 30.7 Å². The summed E-state index contributed by atoms with van der Waals surface area (Å²) in [7, 11) is 0. The fourth-order valence-corrected chi connectivity index (χ4v) is 3.57. The summed E-state index contributed by atoms with van der Waals surface area (Å²) in [5.41, 5.74) is 0.998. The van der Waals surface area contributed by atoms with Gasteiger partial charge in [0.15, 0.2) is 5.82 Å². The van der Waals surface area contributed by atoms with Gasteiger partial charge in [0.05, 0.1) is 18.4 Å². The summed E-state index contributed by atoms with van der Waals surface area (Å²) >= 11 is 1.59. The highest BCUT2D eigenvalue weighted by Gasteiger charge is 2.22. The SMILES string of the molecule is CCc1nc2n(n1)CC(Nc1nn3cc(C)nc3s1)CC2. The zero-order valence-electron chi connectivity index (χ0n) is 12.1. The maximum absolute atomic E-state index is 4.54. The molecule has 1 aliphatic heterocycles. The van der Waals surface area contributed by atoms with Gasteiger partial charge in [-0.3, -0.25) is 0 Å². The number of hydrogen-bond donors (Lipinski definition) is 1. The van der Waals surface area contributed by atoms with Gasteiger partial charge in [-0.15, -0.1) is 5.10 Å². The van der Waals surface area contributed by atoms with Gasteiger partial charge in [-0.25, -0.2) is 19.2 Å². The van der Waals surface area contributed by atoms with Crippen LogP contribution in [0.25, 0.3) is 4.96 Å². The van der Waals surface area contributed by atoms with Gasteiger partial charge in [-0.1, -0.05) is 18.3 Å². The molecule has 4 heterocycles. The van der Waals surface area contributed by atoms with Crippen LogP contribution < -0.4 is 5.32 Å². The summed E-state index contributed by atoms with van der Waals surface area (Å²) in [6.45, 7) is 4.92. The maximum atomic E-state index is 4.54. The van der Waals surface area contributed by atoms with Crippen LogP contribution in [-0.4, -0.2) is 35.4 Å². The van der Waals surface area contributed by atoms with Crippen LogP contribution in [0.5, 0.6) is 0 Å². The van der Waals surface area contributed by atoms with Crippen LogP contribution in [-0.2, 0) is 19.4 Å². The van der Waals surface area contributed by atoms with Crippen molar-refractivity contribution in [3.8, 4) is 0 Å². The largest absolute Gasteiger partial charge is 0.355 e. The van der Waals surface area contributed by atoms with Gasteiger partial charge in [0.25, 0.3) is 0 Å². The number of hydrogen-bond acceptors (Lipinski definition) is 6. The van der Waals surface area contributed by atoms with Crippen LogP contribution >= 0.6 is 11.3 Å². The lowest BCUT2D eigenvalue weighted by Gasteiger charge is -2.22. The van der Waals surface area contributed by atoms with Crippen LogP contribution in [0.4, 0.5) is 5.13 Å². The second-order valence-corrected chi connectivity index (χ2v) is 6.33. The van der Waals surface area contributed by atoms with Crippen LogP contribution in [0.15, 0.2) is 6.20 Å². The predicted molar refractivity (Wildman–Crippen MR) is 80.7 cm³/mol. The van der Waals surface area contributed by atoms with E-state index in [2.05, 4.69) is 32.4 Å². The number of aryl methyl sites for hydroxylation is 3. The van der Waals surface area contributed by atoms with E-state index in [1.807, 2.05) is 22.3 Å². The summed E-state index contributed by atoms with van der Waals surface area (Å²) in [6, 6.07) is 0.348. The molecule has 3 aromatic heterocycles. The Kier molecular flexibility index (Phi) is 2.91. The lowest BCUT2D eigenvalue weighted by molar-refractivity contribution is 0.440. The fraction of sp³-hybridized carbons (Fsp3) is 0.538. The zero-order valence-corrected chi connectivity index (χ0v) is 12.9. The number of nitrogens with one attached hydrogen (secondary N) is 1. The lowest BCUT2D eigenvalue weighted by Crippen LogP contribution is -2.32. The Morgan fingerprint density at radius 1 is 1.38 bits per heavy atom.